The predicted octanol–water partition coefficient (Wildman–Crippen LogP) is 3.79. The average Bonchev–Trinajstić information content (AvgIpc) is 2.41. The molecule has 0 bridgehead atoms. The van der Waals surface area contributed by atoms with Crippen LogP contribution in [-0.2, 0) is 6.42 Å². The van der Waals surface area contributed by atoms with Crippen LogP contribution in [0.3, 0.4) is 0 Å². The van der Waals surface area contributed by atoms with E-state index in [9.17, 15) is 18.3 Å². The Morgan fingerprint density at radius 3 is 2.28 bits per heavy atom. The summed E-state index contributed by atoms with van der Waals surface area (Å²) in [6, 6.07) is 0. The molecule has 0 radical (unpaired) electrons. The lowest BCUT2D eigenvalue weighted by Gasteiger charge is -2.22. The number of thiazole rings is 1. The Morgan fingerprint density at radius 2 is 1.83 bits per heavy atom. The minimum Gasteiger partial charge on any atom is -0.390 e. The van der Waals surface area contributed by atoms with Crippen molar-refractivity contribution < 1.29 is 18.3 Å². The molecule has 1 N–H and O–H groups in total. The summed E-state index contributed by atoms with van der Waals surface area (Å²) in [5, 5.41) is 10.8. The molecule has 1 unspecified atom stereocenters. The van der Waals surface area contributed by atoms with Gasteiger partial charge in [0.2, 0.25) is 0 Å². The lowest BCUT2D eigenvalue weighted by Crippen LogP contribution is -2.27. The first kappa shape index (κ1) is 15.4. The fraction of sp³-hybridized carbons (Fsp3) is 0.750. The lowest BCUT2D eigenvalue weighted by atomic mass is 9.95. The van der Waals surface area contributed by atoms with Crippen molar-refractivity contribution in [3.05, 3.63) is 15.6 Å². The SMILES string of the molecule is Cc1nc(CC(C)(O)CCCC(F)(F)F)sc1C. The van der Waals surface area contributed by atoms with Crippen molar-refractivity contribution in [1.29, 1.82) is 0 Å². The maximum atomic E-state index is 12.0. The summed E-state index contributed by atoms with van der Waals surface area (Å²) in [4.78, 5) is 5.37. The number of alkyl halides is 3. The molecule has 104 valence electrons. The van der Waals surface area contributed by atoms with Gasteiger partial charge in [-0.15, -0.1) is 11.3 Å². The molecular weight excluding hydrogens is 263 g/mol. The van der Waals surface area contributed by atoms with Gasteiger partial charge in [0.1, 0.15) is 0 Å². The maximum absolute atomic E-state index is 12.0. The second kappa shape index (κ2) is 5.57. The summed E-state index contributed by atoms with van der Waals surface area (Å²) in [5.74, 6) is 0. The van der Waals surface area contributed by atoms with Crippen molar-refractivity contribution in [3.63, 3.8) is 0 Å². The van der Waals surface area contributed by atoms with E-state index in [2.05, 4.69) is 4.98 Å². The van der Waals surface area contributed by atoms with Gasteiger partial charge < -0.3 is 5.11 Å². The van der Waals surface area contributed by atoms with Gasteiger partial charge in [0.05, 0.1) is 16.3 Å². The van der Waals surface area contributed by atoms with E-state index >= 15 is 0 Å². The number of aryl methyl sites for hydroxylation is 2. The number of nitrogens with zero attached hydrogens (tertiary/aromatic N) is 1. The zero-order valence-electron chi connectivity index (χ0n) is 10.8. The summed E-state index contributed by atoms with van der Waals surface area (Å²) < 4.78 is 36.1. The third kappa shape index (κ3) is 5.35. The molecule has 0 saturated carbocycles. The van der Waals surface area contributed by atoms with Crippen LogP contribution in [0.2, 0.25) is 0 Å². The van der Waals surface area contributed by atoms with Crippen LogP contribution in [0.15, 0.2) is 0 Å². The van der Waals surface area contributed by atoms with E-state index in [1.807, 2.05) is 13.8 Å². The van der Waals surface area contributed by atoms with Gasteiger partial charge in [-0.1, -0.05) is 0 Å². The summed E-state index contributed by atoms with van der Waals surface area (Å²) in [7, 11) is 0. The van der Waals surface area contributed by atoms with Crippen molar-refractivity contribution in [2.45, 2.75) is 58.2 Å². The highest BCUT2D eigenvalue weighted by Gasteiger charge is 2.29. The third-order valence-electron chi connectivity index (χ3n) is 2.78. The molecule has 0 spiro atoms. The van der Waals surface area contributed by atoms with Crippen LogP contribution in [0.4, 0.5) is 13.2 Å². The Bertz CT molecular complexity index is 379. The molecule has 0 fully saturated rings. The van der Waals surface area contributed by atoms with Crippen molar-refractivity contribution in [1.82, 2.24) is 4.98 Å². The Morgan fingerprint density at radius 1 is 1.22 bits per heavy atom. The van der Waals surface area contributed by atoms with E-state index in [1.54, 1.807) is 6.92 Å². The number of rotatable bonds is 5. The van der Waals surface area contributed by atoms with Gasteiger partial charge in [0.25, 0.3) is 0 Å². The summed E-state index contributed by atoms with van der Waals surface area (Å²) >= 11 is 1.49. The van der Waals surface area contributed by atoms with Gasteiger partial charge >= 0.3 is 6.18 Å². The molecule has 0 aromatic carbocycles. The second-order valence-electron chi connectivity index (χ2n) is 4.89. The Kier molecular flexibility index (Phi) is 4.78. The molecular formula is C12H18F3NOS. The van der Waals surface area contributed by atoms with E-state index in [1.165, 1.54) is 11.3 Å². The van der Waals surface area contributed by atoms with Crippen LogP contribution in [0.1, 0.15) is 41.8 Å². The van der Waals surface area contributed by atoms with Gasteiger partial charge in [0.15, 0.2) is 0 Å². The van der Waals surface area contributed by atoms with E-state index in [4.69, 9.17) is 0 Å². The molecule has 0 amide bonds. The topological polar surface area (TPSA) is 33.1 Å². The van der Waals surface area contributed by atoms with Gasteiger partial charge in [-0.2, -0.15) is 13.2 Å². The van der Waals surface area contributed by atoms with E-state index in [-0.39, 0.29) is 12.8 Å². The minimum absolute atomic E-state index is 0.0557. The molecule has 1 aromatic heterocycles. The first-order chi connectivity index (χ1) is 8.09. The monoisotopic (exact) mass is 281 g/mol. The van der Waals surface area contributed by atoms with Crippen LogP contribution in [0, 0.1) is 13.8 Å². The Balaban J connectivity index is 2.49. The summed E-state index contributed by atoms with van der Waals surface area (Å²) in [6.07, 6.45) is -4.61. The number of halogens is 3. The maximum Gasteiger partial charge on any atom is 0.389 e. The molecule has 0 aliphatic carbocycles. The van der Waals surface area contributed by atoms with Gasteiger partial charge in [-0.05, 0) is 33.6 Å². The third-order valence-corrected chi connectivity index (χ3v) is 3.85. The molecule has 1 aromatic rings. The van der Waals surface area contributed by atoms with Gasteiger partial charge in [-0.25, -0.2) is 4.98 Å². The van der Waals surface area contributed by atoms with Crippen LogP contribution < -0.4 is 0 Å². The number of hydrogen-bond acceptors (Lipinski definition) is 3. The smallest absolute Gasteiger partial charge is 0.389 e. The molecule has 6 heteroatoms. The Hall–Kier alpha value is -0.620. The highest BCUT2D eigenvalue weighted by molar-refractivity contribution is 7.11. The molecule has 1 atom stereocenters. The zero-order chi connectivity index (χ0) is 14.0. The van der Waals surface area contributed by atoms with E-state index < -0.39 is 18.2 Å². The number of aliphatic hydroxyl groups is 1. The van der Waals surface area contributed by atoms with Crippen LogP contribution in [-0.4, -0.2) is 21.9 Å². The molecule has 1 heterocycles. The van der Waals surface area contributed by atoms with Gasteiger partial charge in [0, 0.05) is 17.7 Å². The fourth-order valence-electron chi connectivity index (χ4n) is 1.70. The quantitative estimate of drug-likeness (QED) is 0.891. The first-order valence-corrected chi connectivity index (χ1v) is 6.63. The largest absolute Gasteiger partial charge is 0.390 e. The molecule has 18 heavy (non-hydrogen) atoms. The lowest BCUT2D eigenvalue weighted by molar-refractivity contribution is -0.137. The van der Waals surface area contributed by atoms with Crippen LogP contribution in [0.25, 0.3) is 0 Å². The minimum atomic E-state index is -4.15. The van der Waals surface area contributed by atoms with Crippen LogP contribution >= 0.6 is 11.3 Å². The molecule has 2 nitrogen and oxygen atoms in total. The zero-order valence-corrected chi connectivity index (χ0v) is 11.6. The highest BCUT2D eigenvalue weighted by atomic mass is 32.1. The van der Waals surface area contributed by atoms with Crippen molar-refractivity contribution in [2.75, 3.05) is 0 Å². The normalized spacial score (nSPS) is 15.7. The van der Waals surface area contributed by atoms with Crippen molar-refractivity contribution in [2.24, 2.45) is 0 Å². The van der Waals surface area contributed by atoms with E-state index in [0.29, 0.717) is 6.42 Å². The molecule has 0 aliphatic rings. The predicted molar refractivity (Wildman–Crippen MR) is 65.8 cm³/mol. The number of hydrogen-bond donors (Lipinski definition) is 1. The number of aromatic nitrogens is 1. The van der Waals surface area contributed by atoms with E-state index in [0.717, 1.165) is 15.6 Å². The molecule has 0 aliphatic heterocycles. The summed E-state index contributed by atoms with van der Waals surface area (Å²) in [6.45, 7) is 5.39. The first-order valence-electron chi connectivity index (χ1n) is 5.81. The average molecular weight is 281 g/mol. The van der Waals surface area contributed by atoms with Gasteiger partial charge in [-0.3, -0.25) is 0 Å². The van der Waals surface area contributed by atoms with Crippen molar-refractivity contribution in [3.8, 4) is 0 Å². The standard InChI is InChI=1S/C12H18F3NOS/c1-8-9(2)18-10(16-8)7-11(3,17)5-4-6-12(13,14)15/h17H,4-7H2,1-3H3. The summed E-state index contributed by atoms with van der Waals surface area (Å²) in [5.41, 5.74) is -0.205. The van der Waals surface area contributed by atoms with Crippen molar-refractivity contribution >= 4 is 11.3 Å². The Labute approximate surface area is 109 Å². The highest BCUT2D eigenvalue weighted by Crippen LogP contribution is 2.28. The second-order valence-corrected chi connectivity index (χ2v) is 6.18. The molecule has 0 saturated heterocycles. The molecule has 1 rings (SSSR count). The van der Waals surface area contributed by atoms with Crippen LogP contribution in [0.5, 0.6) is 0 Å². The fourth-order valence-corrected chi connectivity index (χ4v) is 2.81.